The number of nitriles is 1. The van der Waals surface area contributed by atoms with Crippen LogP contribution in [-0.4, -0.2) is 49.5 Å². The van der Waals surface area contributed by atoms with E-state index in [0.29, 0.717) is 48.9 Å². The van der Waals surface area contributed by atoms with Gasteiger partial charge in [0.25, 0.3) is 0 Å². The number of halogens is 1. The van der Waals surface area contributed by atoms with Gasteiger partial charge in [-0.2, -0.15) is 5.26 Å². The van der Waals surface area contributed by atoms with Gasteiger partial charge in [-0.25, -0.2) is 0 Å². The molecule has 2 aliphatic rings. The summed E-state index contributed by atoms with van der Waals surface area (Å²) in [5, 5.41) is 12.7. The molecule has 29 heavy (non-hydrogen) atoms. The van der Waals surface area contributed by atoms with Gasteiger partial charge in [-0.15, -0.1) is 0 Å². The van der Waals surface area contributed by atoms with E-state index in [9.17, 15) is 9.59 Å². The smallest absolute Gasteiger partial charge is 0.315 e. The van der Waals surface area contributed by atoms with Gasteiger partial charge >= 0.3 is 5.97 Å². The van der Waals surface area contributed by atoms with E-state index < -0.39 is 0 Å². The van der Waals surface area contributed by atoms with Crippen molar-refractivity contribution in [2.75, 3.05) is 42.9 Å². The summed E-state index contributed by atoms with van der Waals surface area (Å²) in [7, 11) is 0. The van der Waals surface area contributed by atoms with Crippen molar-refractivity contribution < 1.29 is 14.3 Å². The fourth-order valence-electron chi connectivity index (χ4n) is 3.52. The maximum absolute atomic E-state index is 12.5. The third-order valence-electron chi connectivity index (χ3n) is 5.14. The molecule has 0 unspecified atom stereocenters. The van der Waals surface area contributed by atoms with Gasteiger partial charge in [-0.05, 0) is 24.3 Å². The number of carbonyl (C=O) groups is 2. The highest BCUT2D eigenvalue weighted by Crippen LogP contribution is 2.29. The van der Waals surface area contributed by atoms with E-state index in [1.54, 1.807) is 18.2 Å². The van der Waals surface area contributed by atoms with Crippen molar-refractivity contribution in [2.45, 2.75) is 6.42 Å². The first-order valence-electron chi connectivity index (χ1n) is 9.33. The van der Waals surface area contributed by atoms with E-state index in [-0.39, 0.29) is 18.4 Å². The van der Waals surface area contributed by atoms with E-state index in [1.807, 2.05) is 23.1 Å². The summed E-state index contributed by atoms with van der Waals surface area (Å²) in [5.41, 5.74) is 3.00. The van der Waals surface area contributed by atoms with Crippen LogP contribution < -0.4 is 15.0 Å². The quantitative estimate of drug-likeness (QED) is 0.615. The molecule has 0 aromatic heterocycles. The second-order valence-corrected chi connectivity index (χ2v) is 7.38. The predicted molar refractivity (Wildman–Crippen MR) is 109 cm³/mol. The van der Waals surface area contributed by atoms with E-state index in [4.69, 9.17) is 21.6 Å². The molecule has 0 aliphatic carbocycles. The number of amides is 1. The number of esters is 1. The van der Waals surface area contributed by atoms with Gasteiger partial charge in [0.1, 0.15) is 11.8 Å². The number of piperazine rings is 1. The lowest BCUT2D eigenvalue weighted by molar-refractivity contribution is -0.132. The zero-order valence-corrected chi connectivity index (χ0v) is 16.4. The van der Waals surface area contributed by atoms with Gasteiger partial charge in [0.15, 0.2) is 0 Å². The standard InChI is InChI=1S/C21H19ClN4O3/c22-18-4-3-17(9-15(18)12-23)25-5-7-26(8-6-25)20(27)13-24-16-2-1-14-10-21(28)29-19(14)11-16/h1-4,9,11,24H,5-8,10,13H2. The first-order chi connectivity index (χ1) is 14.0. The molecule has 1 saturated heterocycles. The molecule has 148 valence electrons. The summed E-state index contributed by atoms with van der Waals surface area (Å²) in [6, 6.07) is 12.9. The van der Waals surface area contributed by atoms with Crippen LogP contribution in [0.2, 0.25) is 5.02 Å². The Kier molecular flexibility index (Phi) is 5.28. The van der Waals surface area contributed by atoms with Gasteiger partial charge in [-0.1, -0.05) is 17.7 Å². The Morgan fingerprint density at radius 1 is 1.17 bits per heavy atom. The number of fused-ring (bicyclic) bond motifs is 1. The summed E-state index contributed by atoms with van der Waals surface area (Å²) >= 11 is 6.00. The van der Waals surface area contributed by atoms with Crippen LogP contribution in [0.4, 0.5) is 11.4 Å². The van der Waals surface area contributed by atoms with Crippen molar-refractivity contribution in [1.29, 1.82) is 5.26 Å². The molecule has 1 fully saturated rings. The Hall–Kier alpha value is -3.24. The molecule has 0 saturated carbocycles. The largest absolute Gasteiger partial charge is 0.426 e. The first-order valence-corrected chi connectivity index (χ1v) is 9.71. The van der Waals surface area contributed by atoms with Crippen LogP contribution >= 0.6 is 11.6 Å². The second kappa shape index (κ2) is 8.02. The first kappa shape index (κ1) is 19.1. The van der Waals surface area contributed by atoms with E-state index in [1.165, 1.54) is 0 Å². The molecule has 2 aromatic carbocycles. The Bertz CT molecular complexity index is 1010. The van der Waals surface area contributed by atoms with Crippen molar-refractivity contribution in [3.05, 3.63) is 52.5 Å². The van der Waals surface area contributed by atoms with Gasteiger partial charge < -0.3 is 19.9 Å². The summed E-state index contributed by atoms with van der Waals surface area (Å²) in [6.45, 7) is 2.76. The molecule has 1 N–H and O–H groups in total. The van der Waals surface area contributed by atoms with E-state index >= 15 is 0 Å². The molecule has 0 bridgehead atoms. The molecular weight excluding hydrogens is 392 g/mol. The molecule has 1 amide bonds. The molecule has 2 heterocycles. The number of nitrogens with zero attached hydrogens (tertiary/aromatic N) is 3. The lowest BCUT2D eigenvalue weighted by Crippen LogP contribution is -2.50. The minimum atomic E-state index is -0.256. The van der Waals surface area contributed by atoms with Crippen LogP contribution in [0.5, 0.6) is 5.75 Å². The third-order valence-corrected chi connectivity index (χ3v) is 5.47. The van der Waals surface area contributed by atoms with Gasteiger partial charge in [-0.3, -0.25) is 9.59 Å². The lowest BCUT2D eigenvalue weighted by Gasteiger charge is -2.36. The van der Waals surface area contributed by atoms with Crippen LogP contribution in [0, 0.1) is 11.3 Å². The fourth-order valence-corrected chi connectivity index (χ4v) is 3.68. The molecule has 0 radical (unpaired) electrons. The monoisotopic (exact) mass is 410 g/mol. The normalized spacial score (nSPS) is 15.5. The van der Waals surface area contributed by atoms with Gasteiger partial charge in [0.2, 0.25) is 5.91 Å². The van der Waals surface area contributed by atoms with Gasteiger partial charge in [0.05, 0.1) is 23.6 Å². The Morgan fingerprint density at radius 3 is 2.72 bits per heavy atom. The number of anilines is 2. The number of benzene rings is 2. The van der Waals surface area contributed by atoms with Crippen molar-refractivity contribution in [1.82, 2.24) is 4.90 Å². The van der Waals surface area contributed by atoms with E-state index in [2.05, 4.69) is 16.3 Å². The zero-order valence-electron chi connectivity index (χ0n) is 15.7. The van der Waals surface area contributed by atoms with Crippen LogP contribution in [0.3, 0.4) is 0 Å². The highest BCUT2D eigenvalue weighted by Gasteiger charge is 2.23. The maximum Gasteiger partial charge on any atom is 0.315 e. The van der Waals surface area contributed by atoms with Crippen LogP contribution in [0.15, 0.2) is 36.4 Å². The number of rotatable bonds is 4. The average Bonchev–Trinajstić information content (AvgIpc) is 3.11. The van der Waals surface area contributed by atoms with Crippen molar-refractivity contribution >= 4 is 34.9 Å². The molecule has 4 rings (SSSR count). The maximum atomic E-state index is 12.5. The Balaban J connectivity index is 1.30. The number of carbonyl (C=O) groups excluding carboxylic acids is 2. The molecule has 8 heteroatoms. The van der Waals surface area contributed by atoms with Crippen molar-refractivity contribution in [2.24, 2.45) is 0 Å². The van der Waals surface area contributed by atoms with Crippen LogP contribution in [0.25, 0.3) is 0 Å². The molecule has 2 aliphatic heterocycles. The predicted octanol–water partition coefficient (Wildman–Crippen LogP) is 2.43. The second-order valence-electron chi connectivity index (χ2n) is 6.97. The van der Waals surface area contributed by atoms with Gasteiger partial charge in [0, 0.05) is 49.2 Å². The number of nitrogens with one attached hydrogen (secondary N) is 1. The van der Waals surface area contributed by atoms with Crippen molar-refractivity contribution in [3.63, 3.8) is 0 Å². The molecular formula is C21H19ClN4O3. The highest BCUT2D eigenvalue weighted by molar-refractivity contribution is 6.31. The molecule has 0 spiro atoms. The average molecular weight is 411 g/mol. The molecule has 0 atom stereocenters. The van der Waals surface area contributed by atoms with Crippen LogP contribution in [0.1, 0.15) is 11.1 Å². The number of hydrogen-bond donors (Lipinski definition) is 1. The fraction of sp³-hybridized carbons (Fsp3) is 0.286. The van der Waals surface area contributed by atoms with Crippen LogP contribution in [-0.2, 0) is 16.0 Å². The summed E-state index contributed by atoms with van der Waals surface area (Å²) in [5.74, 6) is 0.311. The summed E-state index contributed by atoms with van der Waals surface area (Å²) in [6.07, 6.45) is 0.294. The summed E-state index contributed by atoms with van der Waals surface area (Å²) < 4.78 is 5.14. The van der Waals surface area contributed by atoms with E-state index in [0.717, 1.165) is 16.9 Å². The topological polar surface area (TPSA) is 85.7 Å². The Morgan fingerprint density at radius 2 is 1.97 bits per heavy atom. The zero-order chi connectivity index (χ0) is 20.4. The molecule has 7 nitrogen and oxygen atoms in total. The lowest BCUT2D eigenvalue weighted by atomic mass is 10.1. The number of hydrogen-bond acceptors (Lipinski definition) is 6. The minimum absolute atomic E-state index is 0.0102. The molecule has 2 aromatic rings. The minimum Gasteiger partial charge on any atom is -0.426 e. The Labute approximate surface area is 173 Å². The summed E-state index contributed by atoms with van der Waals surface area (Å²) in [4.78, 5) is 27.8. The number of ether oxygens (including phenoxy) is 1. The van der Waals surface area contributed by atoms with Crippen molar-refractivity contribution in [3.8, 4) is 11.8 Å². The SMILES string of the molecule is N#Cc1cc(N2CCN(C(=O)CNc3ccc4c(c3)OC(=O)C4)CC2)ccc1Cl. The third kappa shape index (κ3) is 4.13. The highest BCUT2D eigenvalue weighted by atomic mass is 35.5.